The Kier molecular flexibility index (Phi) is 3.12. The molecule has 1 aromatic carbocycles. The average molecular weight is 306 g/mol. The normalized spacial score (nSPS) is 18.8. The summed E-state index contributed by atoms with van der Waals surface area (Å²) in [5.41, 5.74) is 0.485. The predicted molar refractivity (Wildman–Crippen MR) is 64.9 cm³/mol. The van der Waals surface area contributed by atoms with E-state index in [9.17, 15) is 9.18 Å². The Hall–Kier alpha value is -0.750. The highest BCUT2D eigenvalue weighted by atomic mass is 79.9. The van der Waals surface area contributed by atoms with Crippen molar-refractivity contribution >= 4 is 39.3 Å². The summed E-state index contributed by atoms with van der Waals surface area (Å²) >= 11 is 4.60. The van der Waals surface area contributed by atoms with Gasteiger partial charge in [-0.25, -0.2) is 9.18 Å². The molecule has 0 saturated carbocycles. The largest absolute Gasteiger partial charge is 0.478 e. The Bertz CT molecular complexity index is 467. The second-order valence-corrected chi connectivity index (χ2v) is 5.41. The van der Waals surface area contributed by atoms with E-state index >= 15 is 0 Å². The maximum atomic E-state index is 13.5. The van der Waals surface area contributed by atoms with Crippen molar-refractivity contribution in [1.82, 2.24) is 0 Å². The van der Waals surface area contributed by atoms with Crippen LogP contribution in [0.5, 0.6) is 0 Å². The molecule has 2 rings (SSSR count). The smallest absolute Gasteiger partial charge is 0.337 e. The van der Waals surface area contributed by atoms with E-state index in [-0.39, 0.29) is 11.6 Å². The molecule has 0 radical (unpaired) electrons. The zero-order valence-electron chi connectivity index (χ0n) is 8.38. The molecule has 0 amide bonds. The molecule has 6 heteroatoms. The van der Waals surface area contributed by atoms with Crippen LogP contribution in [-0.4, -0.2) is 22.9 Å². The van der Waals surface area contributed by atoms with Gasteiger partial charge >= 0.3 is 5.97 Å². The minimum absolute atomic E-state index is 0.0187. The van der Waals surface area contributed by atoms with Crippen LogP contribution in [0.1, 0.15) is 17.3 Å². The molecular weight excluding hydrogens is 297 g/mol. The monoisotopic (exact) mass is 305 g/mol. The predicted octanol–water partition coefficient (Wildman–Crippen LogP) is 3.19. The minimum atomic E-state index is -1.12. The van der Waals surface area contributed by atoms with Crippen molar-refractivity contribution in [3.63, 3.8) is 0 Å². The van der Waals surface area contributed by atoms with Gasteiger partial charge in [0, 0.05) is 16.7 Å². The molecule has 1 unspecified atom stereocenters. The number of nitrogens with one attached hydrogen (secondary N) is 1. The first-order valence-corrected chi connectivity index (χ1v) is 6.43. The van der Waals surface area contributed by atoms with Crippen LogP contribution in [0.3, 0.4) is 0 Å². The molecule has 2 N–H and O–H groups in total. The molecule has 3 nitrogen and oxygen atoms in total. The van der Waals surface area contributed by atoms with Crippen LogP contribution < -0.4 is 5.32 Å². The van der Waals surface area contributed by atoms with Gasteiger partial charge in [0.25, 0.3) is 0 Å². The SMILES string of the molecule is CC1CSc2c(Br)c(F)cc(C(=O)O)c2N1. The van der Waals surface area contributed by atoms with Crippen LogP contribution in [0.15, 0.2) is 15.4 Å². The zero-order chi connectivity index (χ0) is 11.9. The van der Waals surface area contributed by atoms with Gasteiger partial charge in [-0.1, -0.05) is 0 Å². The number of fused-ring (bicyclic) bond motifs is 1. The van der Waals surface area contributed by atoms with Crippen LogP contribution in [-0.2, 0) is 0 Å². The number of carboxylic acids is 1. The quantitative estimate of drug-likeness (QED) is 0.836. The van der Waals surface area contributed by atoms with Gasteiger partial charge in [-0.15, -0.1) is 11.8 Å². The van der Waals surface area contributed by atoms with Crippen LogP contribution in [0, 0.1) is 5.82 Å². The molecule has 1 aliphatic rings. The van der Waals surface area contributed by atoms with Gasteiger partial charge in [-0.2, -0.15) is 0 Å². The van der Waals surface area contributed by atoms with Gasteiger partial charge in [0.05, 0.1) is 15.7 Å². The number of rotatable bonds is 1. The molecule has 0 saturated heterocycles. The fourth-order valence-electron chi connectivity index (χ4n) is 1.55. The third-order valence-electron chi connectivity index (χ3n) is 2.28. The molecule has 0 fully saturated rings. The molecule has 0 bridgehead atoms. The highest BCUT2D eigenvalue weighted by molar-refractivity contribution is 9.10. The standard InChI is InChI=1S/C10H9BrFNO2S/c1-4-3-16-9-7(11)6(12)2-5(10(14)15)8(9)13-4/h2,4,13H,3H2,1H3,(H,14,15). The van der Waals surface area contributed by atoms with Gasteiger partial charge in [0.2, 0.25) is 0 Å². The number of benzene rings is 1. The highest BCUT2D eigenvalue weighted by Gasteiger charge is 2.25. The number of anilines is 1. The van der Waals surface area contributed by atoms with Gasteiger partial charge in [0.15, 0.2) is 0 Å². The van der Waals surface area contributed by atoms with Gasteiger partial charge in [0.1, 0.15) is 5.82 Å². The van der Waals surface area contributed by atoms with Crippen molar-refractivity contribution in [1.29, 1.82) is 0 Å². The van der Waals surface area contributed by atoms with Crippen molar-refractivity contribution in [3.8, 4) is 0 Å². The van der Waals surface area contributed by atoms with E-state index in [2.05, 4.69) is 21.2 Å². The van der Waals surface area contributed by atoms with E-state index in [1.807, 2.05) is 6.92 Å². The van der Waals surface area contributed by atoms with Crippen molar-refractivity contribution in [3.05, 3.63) is 21.9 Å². The van der Waals surface area contributed by atoms with E-state index in [0.717, 1.165) is 11.8 Å². The van der Waals surface area contributed by atoms with Crippen molar-refractivity contribution < 1.29 is 14.3 Å². The average Bonchev–Trinajstić information content (AvgIpc) is 2.22. The lowest BCUT2D eigenvalue weighted by molar-refractivity contribution is 0.0697. The third-order valence-corrected chi connectivity index (χ3v) is 4.68. The molecule has 1 atom stereocenters. The van der Waals surface area contributed by atoms with E-state index < -0.39 is 11.8 Å². The second-order valence-electron chi connectivity index (χ2n) is 3.59. The Morgan fingerprint density at radius 3 is 3.06 bits per heavy atom. The number of halogens is 2. The first-order valence-electron chi connectivity index (χ1n) is 4.65. The summed E-state index contributed by atoms with van der Waals surface area (Å²) < 4.78 is 13.8. The van der Waals surface area contributed by atoms with Crippen molar-refractivity contribution in [2.24, 2.45) is 0 Å². The number of carboxylic acid groups (broad SMARTS) is 1. The number of hydrogen-bond acceptors (Lipinski definition) is 3. The summed E-state index contributed by atoms with van der Waals surface area (Å²) in [4.78, 5) is 11.6. The molecule has 0 aromatic heterocycles. The molecule has 16 heavy (non-hydrogen) atoms. The van der Waals surface area contributed by atoms with Crippen molar-refractivity contribution in [2.45, 2.75) is 17.9 Å². The first kappa shape index (κ1) is 11.7. The summed E-state index contributed by atoms with van der Waals surface area (Å²) in [5.74, 6) is -0.876. The molecule has 1 aliphatic heterocycles. The van der Waals surface area contributed by atoms with Crippen molar-refractivity contribution in [2.75, 3.05) is 11.1 Å². The number of hydrogen-bond donors (Lipinski definition) is 2. The summed E-state index contributed by atoms with van der Waals surface area (Å²) in [7, 11) is 0. The lowest BCUT2D eigenvalue weighted by atomic mass is 10.1. The summed E-state index contributed by atoms with van der Waals surface area (Å²) in [6.07, 6.45) is 0. The fraction of sp³-hybridized carbons (Fsp3) is 0.300. The Balaban J connectivity index is 2.64. The molecule has 86 valence electrons. The van der Waals surface area contributed by atoms with Gasteiger partial charge in [-0.3, -0.25) is 0 Å². The van der Waals surface area contributed by atoms with Crippen LogP contribution in [0.25, 0.3) is 0 Å². The van der Waals surface area contributed by atoms with E-state index in [0.29, 0.717) is 15.1 Å². The van der Waals surface area contributed by atoms with Crippen LogP contribution in [0.4, 0.5) is 10.1 Å². The highest BCUT2D eigenvalue weighted by Crippen LogP contribution is 2.42. The van der Waals surface area contributed by atoms with Gasteiger partial charge in [-0.05, 0) is 28.9 Å². The number of carbonyl (C=O) groups is 1. The molecule has 1 heterocycles. The second kappa shape index (κ2) is 4.25. The third kappa shape index (κ3) is 1.91. The lowest BCUT2D eigenvalue weighted by Gasteiger charge is -2.26. The topological polar surface area (TPSA) is 49.3 Å². The first-order chi connectivity index (χ1) is 7.50. The Labute approximate surface area is 105 Å². The summed E-state index contributed by atoms with van der Waals surface area (Å²) in [6.45, 7) is 1.96. The Morgan fingerprint density at radius 1 is 1.75 bits per heavy atom. The fourth-order valence-corrected chi connectivity index (χ4v) is 3.24. The summed E-state index contributed by atoms with van der Waals surface area (Å²) in [6, 6.07) is 1.21. The number of thioether (sulfide) groups is 1. The lowest BCUT2D eigenvalue weighted by Crippen LogP contribution is -2.24. The van der Waals surface area contributed by atoms with E-state index in [1.54, 1.807) is 0 Å². The minimum Gasteiger partial charge on any atom is -0.478 e. The number of aromatic carboxylic acids is 1. The van der Waals surface area contributed by atoms with E-state index in [1.165, 1.54) is 11.8 Å². The van der Waals surface area contributed by atoms with Crippen LogP contribution >= 0.6 is 27.7 Å². The molecule has 0 spiro atoms. The Morgan fingerprint density at radius 2 is 2.44 bits per heavy atom. The van der Waals surface area contributed by atoms with E-state index in [4.69, 9.17) is 5.11 Å². The van der Waals surface area contributed by atoms with Gasteiger partial charge < -0.3 is 10.4 Å². The molecular formula is C10H9BrFNO2S. The maximum absolute atomic E-state index is 13.5. The zero-order valence-corrected chi connectivity index (χ0v) is 10.8. The maximum Gasteiger partial charge on any atom is 0.337 e. The molecule has 0 aliphatic carbocycles. The molecule has 1 aromatic rings. The summed E-state index contributed by atoms with van der Waals surface area (Å²) in [5, 5.41) is 12.1. The van der Waals surface area contributed by atoms with Crippen LogP contribution in [0.2, 0.25) is 0 Å².